The third-order valence-electron chi connectivity index (χ3n) is 24.3. The smallest absolute Gasteiger partial charge is 0.0541 e. The van der Waals surface area contributed by atoms with Crippen molar-refractivity contribution >= 4 is 116 Å². The number of rotatable bonds is 8. The normalized spacial score (nSPS) is 14.2. The summed E-state index contributed by atoms with van der Waals surface area (Å²) in [4.78, 5) is 2.48. The molecule has 0 saturated heterocycles. The van der Waals surface area contributed by atoms with Gasteiger partial charge in [-0.15, -0.1) is 0 Å². The Hall–Kier alpha value is -12.6. The second-order valence-electron chi connectivity index (χ2n) is 31.1. The van der Waals surface area contributed by atoms with Crippen LogP contribution in [0.3, 0.4) is 0 Å². The Morgan fingerprint density at radius 3 is 1.36 bits per heavy atom. The molecule has 0 amide bonds. The highest BCUT2D eigenvalue weighted by molar-refractivity contribution is 6.30. The van der Waals surface area contributed by atoms with E-state index in [9.17, 15) is 0 Å². The summed E-state index contributed by atoms with van der Waals surface area (Å²) >= 11 is 0. The molecule has 0 atom stereocenters. The molecule has 18 aromatic carbocycles. The minimum absolute atomic E-state index is 0.0211. The summed E-state index contributed by atoms with van der Waals surface area (Å²) in [5.41, 5.74) is 31.0. The van der Waals surface area contributed by atoms with Gasteiger partial charge in [0.25, 0.3) is 0 Å². The van der Waals surface area contributed by atoms with Gasteiger partial charge in [0.2, 0.25) is 0 Å². The summed E-state index contributed by atoms with van der Waals surface area (Å²) < 4.78 is 2.37. The molecule has 19 aromatic rings. The van der Waals surface area contributed by atoms with E-state index in [0.717, 1.165) is 5.69 Å². The van der Waals surface area contributed by atoms with Crippen LogP contribution in [0, 0.1) is 0 Å². The predicted molar refractivity (Wildman–Crippen MR) is 448 cm³/mol. The minimum atomic E-state index is -0.104. The molecule has 105 heavy (non-hydrogen) atoms. The van der Waals surface area contributed by atoms with E-state index >= 15 is 0 Å². The van der Waals surface area contributed by atoms with Crippen molar-refractivity contribution in [2.24, 2.45) is 0 Å². The van der Waals surface area contributed by atoms with Crippen LogP contribution in [0.25, 0.3) is 160 Å². The Kier molecular flexibility index (Phi) is 13.2. The molecule has 3 aliphatic carbocycles. The predicted octanol–water partition coefficient (Wildman–Crippen LogP) is 28.2. The van der Waals surface area contributed by atoms with E-state index in [4.69, 9.17) is 0 Å². The summed E-state index contributed by atoms with van der Waals surface area (Å²) in [6.45, 7) is 14.2. The van der Waals surface area contributed by atoms with Crippen LogP contribution in [-0.2, 0) is 16.2 Å². The topological polar surface area (TPSA) is 8.17 Å². The number of benzene rings is 18. The van der Waals surface area contributed by atoms with Crippen molar-refractivity contribution in [2.45, 2.75) is 57.8 Å². The van der Waals surface area contributed by atoms with Crippen LogP contribution >= 0.6 is 0 Å². The summed E-state index contributed by atoms with van der Waals surface area (Å²) in [5, 5.41) is 18.5. The molecule has 0 fully saturated rings. The van der Waals surface area contributed by atoms with E-state index in [1.54, 1.807) is 0 Å². The molecular weight excluding hydrogens is 1270 g/mol. The monoisotopic (exact) mass is 1340 g/mol. The van der Waals surface area contributed by atoms with Gasteiger partial charge in [0.05, 0.1) is 16.7 Å². The molecular formula is C103H74N2. The minimum Gasteiger partial charge on any atom is -0.310 e. The maximum absolute atomic E-state index is 2.48. The molecule has 0 N–H and O–H groups in total. The average Bonchev–Trinajstić information content (AvgIpc) is 1.63. The molecule has 2 nitrogen and oxygen atoms in total. The third kappa shape index (κ3) is 9.03. The van der Waals surface area contributed by atoms with Crippen LogP contribution in [0.2, 0.25) is 0 Å². The molecule has 2 heteroatoms. The summed E-state index contributed by atoms with van der Waals surface area (Å²) in [6.07, 6.45) is 4.39. The number of anilines is 3. The van der Waals surface area contributed by atoms with Crippen molar-refractivity contribution in [2.75, 3.05) is 4.90 Å². The van der Waals surface area contributed by atoms with Gasteiger partial charge in [-0.25, -0.2) is 0 Å². The Balaban J connectivity index is 0.000000136. The second kappa shape index (κ2) is 22.7. The molecule has 0 aliphatic heterocycles. The molecule has 22 rings (SSSR count). The van der Waals surface area contributed by atoms with E-state index in [0.29, 0.717) is 0 Å². The summed E-state index contributed by atoms with van der Waals surface area (Å²) in [5.74, 6) is 0. The van der Waals surface area contributed by atoms with Gasteiger partial charge in [-0.2, -0.15) is 0 Å². The lowest BCUT2D eigenvalue weighted by atomic mass is 9.80. The van der Waals surface area contributed by atoms with E-state index < -0.39 is 0 Å². The largest absolute Gasteiger partial charge is 0.310 e. The van der Waals surface area contributed by atoms with Crippen molar-refractivity contribution in [1.82, 2.24) is 4.57 Å². The Bertz CT molecular complexity index is 6820. The van der Waals surface area contributed by atoms with Crippen LogP contribution in [0.5, 0.6) is 0 Å². The SMILES string of the molecule is CC1(C)c2ccccc2-c2c1cc1ccc3c(-c4ccc(-c5ccc6c(c5)c5ccccc5n6-c5ccccc5)cc4)ccc4ccc2c1c43.CC1(C)c2ccccc2-c2ccc(N(c3ccc(/C=C/c4ccccc4)cc3)c3ccc4ccc5c6c(cc7ccc3c4c75)C(C)(C)c3ccccc3-6)cc21. The molecule has 496 valence electrons. The van der Waals surface area contributed by atoms with E-state index in [2.05, 4.69) is 391 Å². The van der Waals surface area contributed by atoms with Gasteiger partial charge in [0.15, 0.2) is 0 Å². The maximum Gasteiger partial charge on any atom is 0.0541 e. The van der Waals surface area contributed by atoms with Crippen molar-refractivity contribution in [3.8, 4) is 61.3 Å². The average molecular weight is 1340 g/mol. The standard InChI is InChI=1S/C54H41N.C49H33N/c1-53(2)45-16-10-8-14-40(45)41-30-27-39(33-47(41)53)55(38-25-20-35(21-26-38)19-18-34-12-6-5-7-13-34)49-31-24-36-22-29-44-51-37(23-28-43(49)50(36)51)32-48-52(44)42-15-9-11-17-46(42)54(48,3)4;1-49(2)42-14-8-6-13-39(42)48-40-26-21-32-20-24-36(38-25-22-34(29-43(48)49)47(40)46(32)38)31-18-16-30(17-19-31)33-23-27-45-41(28-33)37-12-7-9-15-44(37)50(45)35-10-4-3-5-11-35/h5-33H,1-4H3;3-29H,1-2H3/b19-18+;. The molecule has 0 saturated carbocycles. The van der Waals surface area contributed by atoms with Crippen LogP contribution in [0.15, 0.2) is 328 Å². The first-order chi connectivity index (χ1) is 51.3. The molecule has 0 unspecified atom stereocenters. The molecule has 0 spiro atoms. The Morgan fingerprint density at radius 1 is 0.257 bits per heavy atom. The fourth-order valence-corrected chi connectivity index (χ4v) is 19.1. The number of fused-ring (bicyclic) bond motifs is 14. The highest BCUT2D eigenvalue weighted by Crippen LogP contribution is 2.58. The third-order valence-corrected chi connectivity index (χ3v) is 24.3. The number of aromatic nitrogens is 1. The van der Waals surface area contributed by atoms with Gasteiger partial charge in [-0.3, -0.25) is 0 Å². The molecule has 1 heterocycles. The van der Waals surface area contributed by atoms with Crippen molar-refractivity contribution in [3.63, 3.8) is 0 Å². The summed E-state index contributed by atoms with van der Waals surface area (Å²) in [7, 11) is 0. The number of para-hydroxylation sites is 2. The first kappa shape index (κ1) is 61.1. The molecule has 3 aliphatic rings. The first-order valence-electron chi connectivity index (χ1n) is 37.1. The zero-order chi connectivity index (χ0) is 70.2. The Labute approximate surface area is 612 Å². The van der Waals surface area contributed by atoms with Gasteiger partial charge < -0.3 is 9.47 Å². The zero-order valence-corrected chi connectivity index (χ0v) is 59.7. The van der Waals surface area contributed by atoms with E-state index in [-0.39, 0.29) is 16.2 Å². The van der Waals surface area contributed by atoms with Crippen molar-refractivity contribution in [1.29, 1.82) is 0 Å². The zero-order valence-electron chi connectivity index (χ0n) is 59.7. The fourth-order valence-electron chi connectivity index (χ4n) is 19.1. The fraction of sp³-hybridized carbons (Fsp3) is 0.0874. The number of hydrogen-bond acceptors (Lipinski definition) is 1. The molecule has 0 bridgehead atoms. The second-order valence-corrected chi connectivity index (χ2v) is 31.1. The molecule has 0 radical (unpaired) electrons. The van der Waals surface area contributed by atoms with Gasteiger partial charge in [0, 0.05) is 49.5 Å². The van der Waals surface area contributed by atoms with Gasteiger partial charge in [-0.1, -0.05) is 308 Å². The number of hydrogen-bond donors (Lipinski definition) is 0. The maximum atomic E-state index is 2.48. The lowest BCUT2D eigenvalue weighted by Crippen LogP contribution is -2.16. The van der Waals surface area contributed by atoms with E-state index in [1.807, 2.05) is 0 Å². The molecule has 1 aromatic heterocycles. The van der Waals surface area contributed by atoms with Crippen molar-refractivity contribution in [3.05, 3.63) is 372 Å². The highest BCUT2D eigenvalue weighted by atomic mass is 15.1. The van der Waals surface area contributed by atoms with Crippen LogP contribution in [-0.4, -0.2) is 4.57 Å². The van der Waals surface area contributed by atoms with Crippen LogP contribution < -0.4 is 4.90 Å². The van der Waals surface area contributed by atoms with Crippen molar-refractivity contribution < 1.29 is 0 Å². The highest BCUT2D eigenvalue weighted by Gasteiger charge is 2.40. The lowest BCUT2D eigenvalue weighted by molar-refractivity contribution is 0.660. The first-order valence-corrected chi connectivity index (χ1v) is 37.1. The van der Waals surface area contributed by atoms with Gasteiger partial charge in [0.1, 0.15) is 0 Å². The lowest BCUT2D eigenvalue weighted by Gasteiger charge is -2.30. The summed E-state index contributed by atoms with van der Waals surface area (Å²) in [6, 6.07) is 122. The quantitative estimate of drug-likeness (QED) is 0.109. The van der Waals surface area contributed by atoms with Crippen LogP contribution in [0.4, 0.5) is 17.1 Å². The van der Waals surface area contributed by atoms with E-state index in [1.165, 1.54) is 204 Å². The Morgan fingerprint density at radius 2 is 0.705 bits per heavy atom. The van der Waals surface area contributed by atoms with Gasteiger partial charge in [-0.05, 0) is 232 Å². The number of nitrogens with zero attached hydrogens (tertiary/aromatic N) is 2. The van der Waals surface area contributed by atoms with Crippen LogP contribution in [0.1, 0.15) is 86.1 Å². The van der Waals surface area contributed by atoms with Gasteiger partial charge >= 0.3 is 0 Å².